The molecule has 0 spiro atoms. The van der Waals surface area contributed by atoms with Crippen molar-refractivity contribution in [3.63, 3.8) is 0 Å². The van der Waals surface area contributed by atoms with Crippen LogP contribution < -0.4 is 0 Å². The molecule has 1 aromatic rings. The molecule has 2 aliphatic rings. The molecule has 3 heteroatoms. The third-order valence-electron chi connectivity index (χ3n) is 3.89. The number of rotatable bonds is 1. The molecule has 1 aromatic carbocycles. The first kappa shape index (κ1) is 11.2. The van der Waals surface area contributed by atoms with Gasteiger partial charge >= 0.3 is 11.9 Å². The smallest absolute Gasteiger partial charge is 0.318 e. The van der Waals surface area contributed by atoms with E-state index in [9.17, 15) is 9.59 Å². The predicted octanol–water partition coefficient (Wildman–Crippen LogP) is 2.29. The zero-order chi connectivity index (χ0) is 12.7. The second-order valence-electron chi connectivity index (χ2n) is 4.97. The molecule has 92 valence electrons. The van der Waals surface area contributed by atoms with Crippen LogP contribution in [0.2, 0.25) is 0 Å². The molecule has 0 unspecified atom stereocenters. The lowest BCUT2D eigenvalue weighted by molar-refractivity contribution is -0.154. The maximum absolute atomic E-state index is 11.9. The average molecular weight is 242 g/mol. The van der Waals surface area contributed by atoms with Gasteiger partial charge in [0.15, 0.2) is 0 Å². The molecule has 18 heavy (non-hydrogen) atoms. The summed E-state index contributed by atoms with van der Waals surface area (Å²) in [5, 5.41) is 0. The van der Waals surface area contributed by atoms with Gasteiger partial charge in [-0.3, -0.25) is 9.59 Å². The Morgan fingerprint density at radius 1 is 0.944 bits per heavy atom. The van der Waals surface area contributed by atoms with E-state index in [1.54, 1.807) is 0 Å². The van der Waals surface area contributed by atoms with Crippen LogP contribution in [0.4, 0.5) is 0 Å². The topological polar surface area (TPSA) is 43.4 Å². The van der Waals surface area contributed by atoms with Gasteiger partial charge in [-0.15, -0.1) is 0 Å². The highest BCUT2D eigenvalue weighted by Crippen LogP contribution is 2.44. The number of ether oxygens (including phenoxy) is 1. The molecule has 1 heterocycles. The van der Waals surface area contributed by atoms with E-state index >= 15 is 0 Å². The quantitative estimate of drug-likeness (QED) is 0.431. The van der Waals surface area contributed by atoms with E-state index < -0.39 is 0 Å². The lowest BCUT2D eigenvalue weighted by atomic mass is 9.70. The molecular formula is C15H14O3. The van der Waals surface area contributed by atoms with Crippen molar-refractivity contribution < 1.29 is 14.3 Å². The van der Waals surface area contributed by atoms with Crippen LogP contribution in [0.1, 0.15) is 18.4 Å². The molecule has 0 amide bonds. The Morgan fingerprint density at radius 2 is 1.61 bits per heavy atom. The second-order valence-corrected chi connectivity index (χ2v) is 4.97. The summed E-state index contributed by atoms with van der Waals surface area (Å²) >= 11 is 0. The van der Waals surface area contributed by atoms with Crippen molar-refractivity contribution in [1.82, 2.24) is 0 Å². The molecule has 1 saturated heterocycles. The summed E-state index contributed by atoms with van der Waals surface area (Å²) in [5.41, 5.74) is 1.06. The maximum atomic E-state index is 11.9. The summed E-state index contributed by atoms with van der Waals surface area (Å²) in [6.07, 6.45) is 4.04. The Kier molecular flexibility index (Phi) is 2.54. The minimum absolute atomic E-state index is 0.0497. The first-order valence-electron chi connectivity index (χ1n) is 6.17. The maximum Gasteiger partial charge on any atom is 0.318 e. The Morgan fingerprint density at radius 3 is 2.33 bits per heavy atom. The lowest BCUT2D eigenvalue weighted by Crippen LogP contribution is -2.31. The minimum atomic E-state index is -0.380. The Hall–Kier alpha value is -1.90. The highest BCUT2D eigenvalue weighted by atomic mass is 16.6. The standard InChI is InChI=1S/C15H14O3/c1-9-7-8-11(10-5-3-2-4-6-10)13-12(9)14(16)18-15(13)17/h2-9,11-13H,1H3/t9-,11-,12+,13+/m0/s1. The van der Waals surface area contributed by atoms with Gasteiger partial charge in [0.25, 0.3) is 0 Å². The van der Waals surface area contributed by atoms with Gasteiger partial charge in [0.1, 0.15) is 0 Å². The summed E-state index contributed by atoms with van der Waals surface area (Å²) in [7, 11) is 0. The molecule has 0 aromatic heterocycles. The summed E-state index contributed by atoms with van der Waals surface area (Å²) in [5.74, 6) is -1.43. The third-order valence-corrected chi connectivity index (χ3v) is 3.89. The summed E-state index contributed by atoms with van der Waals surface area (Å²) in [6, 6.07) is 9.79. The van der Waals surface area contributed by atoms with Crippen LogP contribution in [0.5, 0.6) is 0 Å². The highest BCUT2D eigenvalue weighted by Gasteiger charge is 2.51. The molecule has 1 fully saturated rings. The molecule has 3 rings (SSSR count). The van der Waals surface area contributed by atoms with Crippen molar-refractivity contribution in [2.75, 3.05) is 0 Å². The Bertz CT molecular complexity index is 518. The van der Waals surface area contributed by atoms with Gasteiger partial charge in [-0.05, 0) is 11.5 Å². The first-order chi connectivity index (χ1) is 8.68. The van der Waals surface area contributed by atoms with Crippen molar-refractivity contribution in [1.29, 1.82) is 0 Å². The fraction of sp³-hybridized carbons (Fsp3) is 0.333. The molecule has 1 aliphatic heterocycles. The molecule has 0 saturated carbocycles. The lowest BCUT2D eigenvalue weighted by Gasteiger charge is -2.29. The van der Waals surface area contributed by atoms with Crippen LogP contribution in [0, 0.1) is 17.8 Å². The van der Waals surface area contributed by atoms with Gasteiger partial charge < -0.3 is 4.74 Å². The molecule has 0 radical (unpaired) electrons. The fourth-order valence-corrected chi connectivity index (χ4v) is 2.97. The molecule has 3 nitrogen and oxygen atoms in total. The van der Waals surface area contributed by atoms with Crippen molar-refractivity contribution >= 4 is 11.9 Å². The number of esters is 2. The van der Waals surface area contributed by atoms with Crippen molar-refractivity contribution in [2.24, 2.45) is 17.8 Å². The number of carbonyl (C=O) groups is 2. The van der Waals surface area contributed by atoms with Crippen LogP contribution in [0.25, 0.3) is 0 Å². The average Bonchev–Trinajstić information content (AvgIpc) is 2.68. The van der Waals surface area contributed by atoms with E-state index in [0.29, 0.717) is 0 Å². The normalized spacial score (nSPS) is 34.3. The number of hydrogen-bond acceptors (Lipinski definition) is 3. The van der Waals surface area contributed by atoms with E-state index in [1.807, 2.05) is 49.4 Å². The molecular weight excluding hydrogens is 228 g/mol. The SMILES string of the molecule is C[C@H]1C=C[C@@H](c2ccccc2)[C@H]2C(=O)OC(=O)[C@@H]21. The summed E-state index contributed by atoms with van der Waals surface area (Å²) < 4.78 is 4.81. The Labute approximate surface area is 105 Å². The van der Waals surface area contributed by atoms with Gasteiger partial charge in [-0.25, -0.2) is 0 Å². The highest BCUT2D eigenvalue weighted by molar-refractivity contribution is 5.97. The van der Waals surface area contributed by atoms with Gasteiger partial charge in [-0.1, -0.05) is 49.4 Å². The van der Waals surface area contributed by atoms with Gasteiger partial charge in [0.2, 0.25) is 0 Å². The zero-order valence-corrected chi connectivity index (χ0v) is 10.1. The minimum Gasteiger partial charge on any atom is -0.393 e. The number of carbonyl (C=O) groups excluding carboxylic acids is 2. The fourth-order valence-electron chi connectivity index (χ4n) is 2.97. The Balaban J connectivity index is 2.04. The largest absolute Gasteiger partial charge is 0.393 e. The summed E-state index contributed by atoms with van der Waals surface area (Å²) in [6.45, 7) is 1.95. The van der Waals surface area contributed by atoms with Gasteiger partial charge in [-0.2, -0.15) is 0 Å². The van der Waals surface area contributed by atoms with Crippen molar-refractivity contribution in [3.8, 4) is 0 Å². The number of cyclic esters (lactones) is 2. The van der Waals surface area contributed by atoms with E-state index in [2.05, 4.69) is 0 Å². The van der Waals surface area contributed by atoms with Crippen LogP contribution in [0.3, 0.4) is 0 Å². The molecule has 1 aliphatic carbocycles. The molecule has 0 N–H and O–H groups in total. The van der Waals surface area contributed by atoms with Crippen LogP contribution in [-0.4, -0.2) is 11.9 Å². The van der Waals surface area contributed by atoms with E-state index in [0.717, 1.165) is 5.56 Å². The van der Waals surface area contributed by atoms with E-state index in [4.69, 9.17) is 4.74 Å². The van der Waals surface area contributed by atoms with Crippen LogP contribution >= 0.6 is 0 Å². The van der Waals surface area contributed by atoms with Crippen molar-refractivity contribution in [2.45, 2.75) is 12.8 Å². The first-order valence-corrected chi connectivity index (χ1v) is 6.17. The number of benzene rings is 1. The molecule has 0 bridgehead atoms. The number of fused-ring (bicyclic) bond motifs is 1. The van der Waals surface area contributed by atoms with Crippen LogP contribution in [-0.2, 0) is 14.3 Å². The number of allylic oxidation sites excluding steroid dienone is 2. The van der Waals surface area contributed by atoms with E-state index in [1.165, 1.54) is 0 Å². The predicted molar refractivity (Wildman–Crippen MR) is 65.6 cm³/mol. The second kappa shape index (κ2) is 4.09. The third kappa shape index (κ3) is 1.58. The molecule has 4 atom stereocenters. The van der Waals surface area contributed by atoms with Gasteiger partial charge in [0.05, 0.1) is 11.8 Å². The summed E-state index contributed by atoms with van der Waals surface area (Å²) in [4.78, 5) is 23.6. The number of hydrogen-bond donors (Lipinski definition) is 0. The van der Waals surface area contributed by atoms with Crippen molar-refractivity contribution in [3.05, 3.63) is 48.0 Å². The van der Waals surface area contributed by atoms with E-state index in [-0.39, 0.29) is 35.6 Å². The zero-order valence-electron chi connectivity index (χ0n) is 10.1. The van der Waals surface area contributed by atoms with Gasteiger partial charge in [0, 0.05) is 5.92 Å². The monoisotopic (exact) mass is 242 g/mol. The van der Waals surface area contributed by atoms with Crippen LogP contribution in [0.15, 0.2) is 42.5 Å².